The molecule has 9 heteroatoms. The molecule has 1 saturated heterocycles. The lowest BCUT2D eigenvalue weighted by Gasteiger charge is -2.26. The van der Waals surface area contributed by atoms with Gasteiger partial charge in [0.05, 0.1) is 46.2 Å². The van der Waals surface area contributed by atoms with E-state index < -0.39 is 22.9 Å². The Bertz CT molecular complexity index is 1640. The largest absolute Gasteiger partial charge is 0.494 e. The average Bonchev–Trinajstić information content (AvgIpc) is 3.47. The van der Waals surface area contributed by atoms with Crippen LogP contribution < -0.4 is 4.74 Å². The molecule has 38 heavy (non-hydrogen) atoms. The van der Waals surface area contributed by atoms with Gasteiger partial charge in [0.2, 0.25) is 11.8 Å². The number of halogens is 3. The van der Waals surface area contributed by atoms with Crippen molar-refractivity contribution in [3.63, 3.8) is 0 Å². The van der Waals surface area contributed by atoms with E-state index in [2.05, 4.69) is 6.07 Å². The van der Waals surface area contributed by atoms with Gasteiger partial charge >= 0.3 is 6.18 Å². The molecule has 2 N–H and O–H groups in total. The SMILES string of the molecule is C[C@]12CC[C@](CCOc3cccc(C(F)(F)F)c3)(O1)c1c2c(O)n(-c2ccc(C#N)c3ccccc23)c1O. The molecule has 2 aliphatic rings. The first-order valence-corrected chi connectivity index (χ1v) is 12.2. The van der Waals surface area contributed by atoms with Crippen LogP contribution >= 0.6 is 0 Å². The second-order valence-electron chi connectivity index (χ2n) is 9.97. The lowest BCUT2D eigenvalue weighted by atomic mass is 9.78. The predicted molar refractivity (Wildman–Crippen MR) is 132 cm³/mol. The standard InChI is InChI=1S/C29H23F3N2O4/c1-27-11-12-28(38-27,13-14-37-19-6-4-5-18(15-19)29(30,31)32)24-23(27)25(35)34(26(24)36)22-10-9-17(16-33)20-7-2-3-8-21(20)22/h2-10,15,35-36H,11-14H2,1H3/t27-,28-/m1/s1. The summed E-state index contributed by atoms with van der Waals surface area (Å²) in [5, 5.41) is 33.8. The summed E-state index contributed by atoms with van der Waals surface area (Å²) >= 11 is 0. The molecule has 0 unspecified atom stereocenters. The van der Waals surface area contributed by atoms with E-state index in [1.165, 1.54) is 16.7 Å². The molecule has 3 aromatic carbocycles. The van der Waals surface area contributed by atoms with Crippen molar-refractivity contribution in [2.75, 3.05) is 6.61 Å². The summed E-state index contributed by atoms with van der Waals surface area (Å²) in [5.74, 6) is -0.228. The van der Waals surface area contributed by atoms with Gasteiger partial charge in [0.15, 0.2) is 0 Å². The molecule has 0 aliphatic carbocycles. The maximum atomic E-state index is 13.1. The Morgan fingerprint density at radius 3 is 2.47 bits per heavy atom. The first-order valence-electron chi connectivity index (χ1n) is 12.2. The number of rotatable bonds is 5. The molecule has 0 amide bonds. The number of benzene rings is 3. The summed E-state index contributed by atoms with van der Waals surface area (Å²) < 4.78 is 52.7. The van der Waals surface area contributed by atoms with Crippen LogP contribution in [0.15, 0.2) is 60.7 Å². The van der Waals surface area contributed by atoms with Crippen LogP contribution in [0.2, 0.25) is 0 Å². The van der Waals surface area contributed by atoms with Crippen LogP contribution in [0.3, 0.4) is 0 Å². The summed E-state index contributed by atoms with van der Waals surface area (Å²) in [6.45, 7) is 1.90. The fourth-order valence-electron chi connectivity index (χ4n) is 6.01. The molecule has 2 atom stereocenters. The Morgan fingerprint density at radius 1 is 1.00 bits per heavy atom. The normalized spacial score (nSPS) is 22.0. The first kappa shape index (κ1) is 24.2. The summed E-state index contributed by atoms with van der Waals surface area (Å²) in [6, 6.07) is 17.5. The molecule has 194 valence electrons. The second-order valence-corrected chi connectivity index (χ2v) is 9.97. The number of nitriles is 1. The molecule has 6 rings (SSSR count). The minimum absolute atomic E-state index is 0.0437. The molecule has 0 saturated carbocycles. The van der Waals surface area contributed by atoms with Gasteiger partial charge in [-0.2, -0.15) is 18.4 Å². The Morgan fingerprint density at radius 2 is 1.74 bits per heavy atom. The maximum Gasteiger partial charge on any atom is 0.416 e. The molecule has 2 bridgehead atoms. The van der Waals surface area contributed by atoms with Crippen LogP contribution in [0.5, 0.6) is 17.5 Å². The number of hydrogen-bond acceptors (Lipinski definition) is 5. The zero-order valence-electron chi connectivity index (χ0n) is 20.3. The molecule has 2 aliphatic heterocycles. The van der Waals surface area contributed by atoms with Gasteiger partial charge in [0, 0.05) is 17.2 Å². The molecule has 6 nitrogen and oxygen atoms in total. The van der Waals surface area contributed by atoms with Crippen LogP contribution in [0, 0.1) is 11.3 Å². The number of ether oxygens (including phenoxy) is 2. The highest BCUT2D eigenvalue weighted by Crippen LogP contribution is 2.65. The fraction of sp³-hybridized carbons (Fsp3) is 0.276. The van der Waals surface area contributed by atoms with Crippen LogP contribution in [-0.2, 0) is 22.1 Å². The van der Waals surface area contributed by atoms with E-state index in [4.69, 9.17) is 9.47 Å². The second kappa shape index (κ2) is 8.17. The quantitative estimate of drug-likeness (QED) is 0.308. The van der Waals surface area contributed by atoms with Gasteiger partial charge in [-0.25, -0.2) is 0 Å². The van der Waals surface area contributed by atoms with Crippen LogP contribution in [0.25, 0.3) is 16.5 Å². The Hall–Kier alpha value is -4.16. The van der Waals surface area contributed by atoms with Gasteiger partial charge in [-0.15, -0.1) is 0 Å². The van der Waals surface area contributed by atoms with Crippen molar-refractivity contribution in [2.45, 2.75) is 43.6 Å². The monoisotopic (exact) mass is 520 g/mol. The smallest absolute Gasteiger partial charge is 0.416 e. The van der Waals surface area contributed by atoms with Gasteiger partial charge in [-0.1, -0.05) is 30.3 Å². The highest BCUT2D eigenvalue weighted by Gasteiger charge is 2.61. The summed E-state index contributed by atoms with van der Waals surface area (Å²) in [5.41, 5.74) is -0.667. The zero-order chi connectivity index (χ0) is 26.9. The van der Waals surface area contributed by atoms with Crippen molar-refractivity contribution in [2.24, 2.45) is 0 Å². The topological polar surface area (TPSA) is 87.6 Å². The van der Waals surface area contributed by atoms with Crippen molar-refractivity contribution < 1.29 is 32.9 Å². The first-order chi connectivity index (χ1) is 18.1. The van der Waals surface area contributed by atoms with Crippen LogP contribution in [0.1, 0.15) is 48.4 Å². The third kappa shape index (κ3) is 3.44. The lowest BCUT2D eigenvalue weighted by Crippen LogP contribution is -2.25. The van der Waals surface area contributed by atoms with Crippen molar-refractivity contribution in [1.82, 2.24) is 4.57 Å². The van der Waals surface area contributed by atoms with Crippen molar-refractivity contribution in [3.8, 4) is 29.3 Å². The van der Waals surface area contributed by atoms with Crippen molar-refractivity contribution in [3.05, 3.63) is 82.9 Å². The summed E-state index contributed by atoms with van der Waals surface area (Å²) in [7, 11) is 0. The molecule has 1 aromatic heterocycles. The van der Waals surface area contributed by atoms with E-state index in [-0.39, 0.29) is 30.5 Å². The van der Waals surface area contributed by atoms with Gasteiger partial charge in [0.25, 0.3) is 0 Å². The molecule has 4 aromatic rings. The average molecular weight is 521 g/mol. The van der Waals surface area contributed by atoms with Gasteiger partial charge < -0.3 is 19.7 Å². The number of nitrogens with zero attached hydrogens (tertiary/aromatic N) is 2. The Labute approximate surface area is 216 Å². The zero-order valence-corrected chi connectivity index (χ0v) is 20.3. The van der Waals surface area contributed by atoms with Gasteiger partial charge in [-0.05, 0) is 50.1 Å². The van der Waals surface area contributed by atoms with Gasteiger partial charge in [0.1, 0.15) is 11.4 Å². The Kier molecular flexibility index (Phi) is 5.20. The van der Waals surface area contributed by atoms with E-state index in [1.807, 2.05) is 31.2 Å². The summed E-state index contributed by atoms with van der Waals surface area (Å²) in [4.78, 5) is 0. The lowest BCUT2D eigenvalue weighted by molar-refractivity contribution is -0.137. The summed E-state index contributed by atoms with van der Waals surface area (Å²) in [6.07, 6.45) is -3.07. The highest BCUT2D eigenvalue weighted by molar-refractivity contribution is 5.95. The third-order valence-electron chi connectivity index (χ3n) is 7.73. The number of fused-ring (bicyclic) bond motifs is 6. The number of hydrogen-bond donors (Lipinski definition) is 2. The molecule has 0 radical (unpaired) electrons. The number of alkyl halides is 3. The van der Waals surface area contributed by atoms with E-state index >= 15 is 0 Å². The molecule has 1 fully saturated rings. The third-order valence-corrected chi connectivity index (χ3v) is 7.73. The fourth-order valence-corrected chi connectivity index (χ4v) is 6.01. The minimum atomic E-state index is -4.48. The molecule has 0 spiro atoms. The van der Waals surface area contributed by atoms with Crippen LogP contribution in [-0.4, -0.2) is 21.4 Å². The van der Waals surface area contributed by atoms with E-state index in [1.54, 1.807) is 12.1 Å². The number of aromatic nitrogens is 1. The minimum Gasteiger partial charge on any atom is -0.494 e. The van der Waals surface area contributed by atoms with Crippen molar-refractivity contribution >= 4 is 10.8 Å². The van der Waals surface area contributed by atoms with E-state index in [9.17, 15) is 28.6 Å². The number of aromatic hydroxyl groups is 2. The van der Waals surface area contributed by atoms with Gasteiger partial charge in [-0.3, -0.25) is 4.57 Å². The van der Waals surface area contributed by atoms with E-state index in [0.717, 1.165) is 12.1 Å². The maximum absolute atomic E-state index is 13.1. The Balaban J connectivity index is 1.38. The van der Waals surface area contributed by atoms with Crippen molar-refractivity contribution in [1.29, 1.82) is 5.26 Å². The molecular formula is C29H23F3N2O4. The van der Waals surface area contributed by atoms with E-state index in [0.29, 0.717) is 46.0 Å². The molecule has 3 heterocycles. The van der Waals surface area contributed by atoms with Crippen LogP contribution in [0.4, 0.5) is 13.2 Å². The highest BCUT2D eigenvalue weighted by atomic mass is 19.4. The molecular weight excluding hydrogens is 497 g/mol. The predicted octanol–water partition coefficient (Wildman–Crippen LogP) is 6.64.